The van der Waals surface area contributed by atoms with Crippen molar-refractivity contribution in [1.82, 2.24) is 9.36 Å². The van der Waals surface area contributed by atoms with Crippen molar-refractivity contribution in [3.63, 3.8) is 0 Å². The Bertz CT molecular complexity index is 1370. The van der Waals surface area contributed by atoms with E-state index < -0.39 is 29.6 Å². The van der Waals surface area contributed by atoms with Crippen LogP contribution in [0.3, 0.4) is 0 Å². The Balaban J connectivity index is 1.53. The molecular weight excluding hydrogens is 448 g/mol. The number of carboxylic acid groups (broad SMARTS) is 1. The van der Waals surface area contributed by atoms with Gasteiger partial charge < -0.3 is 15.7 Å². The molecule has 0 spiro atoms. The van der Waals surface area contributed by atoms with Crippen molar-refractivity contribution in [2.24, 2.45) is 18.9 Å². The lowest BCUT2D eigenvalue weighted by atomic mass is 9.82. The van der Waals surface area contributed by atoms with Crippen LogP contribution in [-0.4, -0.2) is 32.3 Å². The third-order valence-electron chi connectivity index (χ3n) is 6.27. The highest BCUT2D eigenvalue weighted by Gasteiger charge is 2.34. The number of rotatable bonds is 6. The Kier molecular flexibility index (Phi) is 6.68. The molecule has 0 bridgehead atoms. The SMILES string of the molecule is Cc1c(NC(=O)c2cccc(NC(=O)[C@H]3CC=CC[C@H]3C(=O)O)c2)c(=O)n(-c2ccccc2)n1C. The van der Waals surface area contributed by atoms with E-state index in [1.165, 1.54) is 10.7 Å². The first kappa shape index (κ1) is 23.7. The summed E-state index contributed by atoms with van der Waals surface area (Å²) in [5, 5.41) is 14.8. The fraction of sp³-hybridized carbons (Fsp3) is 0.231. The minimum atomic E-state index is -1.01. The molecule has 0 aliphatic heterocycles. The highest BCUT2D eigenvalue weighted by Crippen LogP contribution is 2.27. The zero-order valence-electron chi connectivity index (χ0n) is 19.4. The van der Waals surface area contributed by atoms with Gasteiger partial charge in [0.2, 0.25) is 5.91 Å². The van der Waals surface area contributed by atoms with E-state index in [0.717, 1.165) is 0 Å². The van der Waals surface area contributed by atoms with E-state index in [1.54, 1.807) is 61.1 Å². The summed E-state index contributed by atoms with van der Waals surface area (Å²) in [6, 6.07) is 15.4. The molecule has 9 heteroatoms. The van der Waals surface area contributed by atoms with Crippen molar-refractivity contribution in [3.8, 4) is 5.69 Å². The molecule has 2 aromatic carbocycles. The first-order valence-corrected chi connectivity index (χ1v) is 11.2. The third-order valence-corrected chi connectivity index (χ3v) is 6.27. The van der Waals surface area contributed by atoms with Gasteiger partial charge in [0.1, 0.15) is 5.69 Å². The summed E-state index contributed by atoms with van der Waals surface area (Å²) >= 11 is 0. The van der Waals surface area contributed by atoms with Crippen LogP contribution in [0, 0.1) is 18.8 Å². The van der Waals surface area contributed by atoms with Gasteiger partial charge in [0.05, 0.1) is 23.2 Å². The number of allylic oxidation sites excluding steroid dienone is 2. The van der Waals surface area contributed by atoms with Gasteiger partial charge in [-0.15, -0.1) is 0 Å². The van der Waals surface area contributed by atoms with Crippen molar-refractivity contribution in [2.75, 3.05) is 10.6 Å². The molecule has 1 aromatic heterocycles. The van der Waals surface area contributed by atoms with E-state index in [9.17, 15) is 24.3 Å². The number of para-hydroxylation sites is 1. The second-order valence-corrected chi connectivity index (χ2v) is 8.45. The van der Waals surface area contributed by atoms with Gasteiger partial charge in [-0.1, -0.05) is 36.4 Å². The highest BCUT2D eigenvalue weighted by atomic mass is 16.4. The maximum absolute atomic E-state index is 13.1. The average Bonchev–Trinajstić information content (AvgIpc) is 3.07. The van der Waals surface area contributed by atoms with Crippen molar-refractivity contribution in [1.29, 1.82) is 0 Å². The molecular formula is C26H26N4O5. The molecule has 9 nitrogen and oxygen atoms in total. The molecule has 2 atom stereocenters. The summed E-state index contributed by atoms with van der Waals surface area (Å²) in [5.74, 6) is -3.42. The summed E-state index contributed by atoms with van der Waals surface area (Å²) in [6.45, 7) is 1.74. The molecule has 0 fully saturated rings. The molecule has 3 N–H and O–H groups in total. The molecule has 1 aliphatic rings. The average molecular weight is 475 g/mol. The molecule has 0 unspecified atom stereocenters. The first-order chi connectivity index (χ1) is 16.8. The number of nitrogens with one attached hydrogen (secondary N) is 2. The number of aliphatic carboxylic acids is 1. The Labute approximate surface area is 201 Å². The van der Waals surface area contributed by atoms with Gasteiger partial charge in [0.25, 0.3) is 11.5 Å². The molecule has 1 heterocycles. The Morgan fingerprint density at radius 2 is 1.63 bits per heavy atom. The number of hydrogen-bond donors (Lipinski definition) is 3. The summed E-state index contributed by atoms with van der Waals surface area (Å²) in [5.41, 5.74) is 1.67. The van der Waals surface area contributed by atoms with E-state index in [1.807, 2.05) is 18.2 Å². The van der Waals surface area contributed by atoms with Gasteiger partial charge in [0.15, 0.2) is 0 Å². The summed E-state index contributed by atoms with van der Waals surface area (Å²) < 4.78 is 3.14. The highest BCUT2D eigenvalue weighted by molar-refractivity contribution is 6.05. The van der Waals surface area contributed by atoms with E-state index >= 15 is 0 Å². The van der Waals surface area contributed by atoms with Gasteiger partial charge in [-0.05, 0) is 50.1 Å². The largest absolute Gasteiger partial charge is 0.481 e. The van der Waals surface area contributed by atoms with Gasteiger partial charge in [0, 0.05) is 18.3 Å². The van der Waals surface area contributed by atoms with Crippen molar-refractivity contribution >= 4 is 29.2 Å². The maximum atomic E-state index is 13.1. The van der Waals surface area contributed by atoms with Crippen molar-refractivity contribution in [3.05, 3.63) is 88.4 Å². The Morgan fingerprint density at radius 3 is 2.31 bits per heavy atom. The minimum Gasteiger partial charge on any atom is -0.481 e. The van der Waals surface area contributed by atoms with E-state index in [2.05, 4.69) is 10.6 Å². The number of carbonyl (C=O) groups excluding carboxylic acids is 2. The smallest absolute Gasteiger partial charge is 0.307 e. The van der Waals surface area contributed by atoms with Gasteiger partial charge >= 0.3 is 5.97 Å². The first-order valence-electron chi connectivity index (χ1n) is 11.2. The molecule has 180 valence electrons. The lowest BCUT2D eigenvalue weighted by molar-refractivity contribution is -0.146. The molecule has 2 amide bonds. The maximum Gasteiger partial charge on any atom is 0.307 e. The van der Waals surface area contributed by atoms with Gasteiger partial charge in [-0.25, -0.2) is 4.68 Å². The zero-order valence-corrected chi connectivity index (χ0v) is 19.4. The lowest BCUT2D eigenvalue weighted by Gasteiger charge is -2.24. The van der Waals surface area contributed by atoms with Crippen LogP contribution < -0.4 is 16.2 Å². The van der Waals surface area contributed by atoms with Crippen LogP contribution in [-0.2, 0) is 16.6 Å². The number of aromatic nitrogens is 2. The van der Waals surface area contributed by atoms with Gasteiger partial charge in [-0.3, -0.25) is 23.9 Å². The number of anilines is 2. The van der Waals surface area contributed by atoms with Crippen LogP contribution in [0.4, 0.5) is 11.4 Å². The van der Waals surface area contributed by atoms with Crippen LogP contribution in [0.25, 0.3) is 5.69 Å². The summed E-state index contributed by atoms with van der Waals surface area (Å²) in [6.07, 6.45) is 4.21. The normalized spacial score (nSPS) is 17.1. The topological polar surface area (TPSA) is 122 Å². The number of amides is 2. The standard InChI is InChI=1S/C26H26N4O5/c1-16-22(25(33)30(29(16)2)19-11-4-3-5-12-19)28-23(31)17-9-8-10-18(15-17)27-24(32)20-13-6-7-14-21(20)26(34)35/h3-12,15,20-21H,13-14H2,1-2H3,(H,27,32)(H,28,31)(H,34,35)/t20-,21+/m0/s1. The Hall–Kier alpha value is -4.40. The number of hydrogen-bond acceptors (Lipinski definition) is 4. The molecule has 0 saturated heterocycles. The van der Waals surface area contributed by atoms with Crippen molar-refractivity contribution < 1.29 is 19.5 Å². The predicted octanol–water partition coefficient (Wildman–Crippen LogP) is 3.34. The van der Waals surface area contributed by atoms with E-state index in [0.29, 0.717) is 29.9 Å². The van der Waals surface area contributed by atoms with E-state index in [-0.39, 0.29) is 16.8 Å². The number of nitrogens with zero attached hydrogens (tertiary/aromatic N) is 2. The Morgan fingerprint density at radius 1 is 0.943 bits per heavy atom. The number of carboxylic acids is 1. The van der Waals surface area contributed by atoms with E-state index in [4.69, 9.17) is 0 Å². The van der Waals surface area contributed by atoms with Crippen LogP contribution in [0.2, 0.25) is 0 Å². The van der Waals surface area contributed by atoms with Crippen molar-refractivity contribution in [2.45, 2.75) is 19.8 Å². The number of benzene rings is 2. The third kappa shape index (κ3) is 4.79. The van der Waals surface area contributed by atoms with Crippen LogP contribution in [0.5, 0.6) is 0 Å². The molecule has 0 radical (unpaired) electrons. The summed E-state index contributed by atoms with van der Waals surface area (Å²) in [7, 11) is 1.74. The molecule has 3 aromatic rings. The zero-order chi connectivity index (χ0) is 25.1. The van der Waals surface area contributed by atoms with Crippen LogP contribution >= 0.6 is 0 Å². The fourth-order valence-electron chi connectivity index (χ4n) is 4.25. The molecule has 1 aliphatic carbocycles. The molecule has 35 heavy (non-hydrogen) atoms. The fourth-order valence-corrected chi connectivity index (χ4v) is 4.25. The van der Waals surface area contributed by atoms with Gasteiger partial charge in [-0.2, -0.15) is 0 Å². The minimum absolute atomic E-state index is 0.161. The molecule has 0 saturated carbocycles. The quantitative estimate of drug-likeness (QED) is 0.473. The number of carbonyl (C=O) groups is 3. The predicted molar refractivity (Wildman–Crippen MR) is 132 cm³/mol. The lowest BCUT2D eigenvalue weighted by Crippen LogP contribution is -2.34. The summed E-state index contributed by atoms with van der Waals surface area (Å²) in [4.78, 5) is 50.3. The monoisotopic (exact) mass is 474 g/mol. The second-order valence-electron chi connectivity index (χ2n) is 8.45. The molecule has 4 rings (SSSR count). The second kappa shape index (κ2) is 9.84. The van der Waals surface area contributed by atoms with Crippen LogP contribution in [0.1, 0.15) is 28.9 Å². The van der Waals surface area contributed by atoms with Crippen LogP contribution in [0.15, 0.2) is 71.5 Å².